The second-order valence-electron chi connectivity index (χ2n) is 7.09. The Hall–Kier alpha value is -2.73. The molecular weight excluding hydrogens is 340 g/mol. The van der Waals surface area contributed by atoms with E-state index in [1.807, 2.05) is 19.3 Å². The number of nitrogens with zero attached hydrogens (tertiary/aromatic N) is 2. The summed E-state index contributed by atoms with van der Waals surface area (Å²) in [5, 5.41) is 3.11. The Kier molecular flexibility index (Phi) is 6.19. The smallest absolute Gasteiger partial charge is 0.251 e. The quantitative estimate of drug-likeness (QED) is 0.818. The van der Waals surface area contributed by atoms with Gasteiger partial charge in [-0.3, -0.25) is 14.6 Å². The summed E-state index contributed by atoms with van der Waals surface area (Å²) in [4.78, 5) is 30.5. The van der Waals surface area contributed by atoms with Gasteiger partial charge in [0.15, 0.2) is 0 Å². The molecule has 0 aliphatic carbocycles. The highest BCUT2D eigenvalue weighted by Gasteiger charge is 2.22. The number of likely N-dealkylation sites (tertiary alicyclic amines) is 1. The number of hydrogen-bond acceptors (Lipinski definition) is 4. The summed E-state index contributed by atoms with van der Waals surface area (Å²) in [7, 11) is 0. The molecule has 2 aromatic rings. The van der Waals surface area contributed by atoms with Crippen LogP contribution < -0.4 is 11.1 Å². The van der Waals surface area contributed by atoms with Crippen LogP contribution in [0, 0.1) is 6.92 Å². The minimum atomic E-state index is -0.522. The molecule has 1 saturated heterocycles. The fourth-order valence-electron chi connectivity index (χ4n) is 3.42. The van der Waals surface area contributed by atoms with Crippen molar-refractivity contribution < 1.29 is 9.59 Å². The van der Waals surface area contributed by atoms with Gasteiger partial charge < -0.3 is 16.0 Å². The lowest BCUT2D eigenvalue weighted by Crippen LogP contribution is -2.45. The number of amides is 2. The summed E-state index contributed by atoms with van der Waals surface area (Å²) in [6, 6.07) is 9.25. The molecule has 1 fully saturated rings. The van der Waals surface area contributed by atoms with Gasteiger partial charge in [0.25, 0.3) is 5.91 Å². The number of rotatable bonds is 6. The highest BCUT2D eigenvalue weighted by atomic mass is 16.2. The first-order valence-corrected chi connectivity index (χ1v) is 9.35. The molecule has 1 aliphatic rings. The second-order valence-corrected chi connectivity index (χ2v) is 7.09. The first-order valence-electron chi connectivity index (χ1n) is 9.35. The van der Waals surface area contributed by atoms with E-state index in [0.717, 1.165) is 44.5 Å². The summed E-state index contributed by atoms with van der Waals surface area (Å²) in [6.45, 7) is 4.82. The number of nitrogens with two attached hydrogens (primary N) is 1. The average molecular weight is 366 g/mol. The third kappa shape index (κ3) is 5.14. The summed E-state index contributed by atoms with van der Waals surface area (Å²) in [5.74, 6) is -0.655. The fraction of sp³-hybridized carbons (Fsp3) is 0.381. The lowest BCUT2D eigenvalue weighted by molar-refractivity contribution is 0.0911. The first-order chi connectivity index (χ1) is 13.0. The van der Waals surface area contributed by atoms with Gasteiger partial charge in [-0.2, -0.15) is 0 Å². The standard InChI is InChI=1S/C21H26N4O2/c1-15-2-3-17(20(22)26)14-19(15)21(27)24-18-7-12-25(13-8-18)11-6-16-4-9-23-10-5-16/h2-5,9-10,14,18H,6-8,11-13H2,1H3,(H2,22,26)(H,24,27). The van der Waals surface area contributed by atoms with Crippen LogP contribution in [0.2, 0.25) is 0 Å². The maximum absolute atomic E-state index is 12.6. The van der Waals surface area contributed by atoms with E-state index in [4.69, 9.17) is 5.73 Å². The third-order valence-corrected chi connectivity index (χ3v) is 5.16. The molecule has 1 aromatic heterocycles. The topological polar surface area (TPSA) is 88.3 Å². The van der Waals surface area contributed by atoms with Crippen molar-refractivity contribution in [3.05, 3.63) is 65.0 Å². The molecule has 3 N–H and O–H groups in total. The summed E-state index contributed by atoms with van der Waals surface area (Å²) >= 11 is 0. The molecule has 0 saturated carbocycles. The van der Waals surface area contributed by atoms with Gasteiger partial charge >= 0.3 is 0 Å². The molecule has 1 aromatic carbocycles. The molecule has 0 unspecified atom stereocenters. The number of piperidine rings is 1. The van der Waals surface area contributed by atoms with Crippen LogP contribution in [-0.4, -0.2) is 47.4 Å². The van der Waals surface area contributed by atoms with Gasteiger partial charge in [-0.15, -0.1) is 0 Å². The van der Waals surface area contributed by atoms with Crippen LogP contribution >= 0.6 is 0 Å². The molecule has 0 spiro atoms. The molecule has 2 heterocycles. The van der Waals surface area contributed by atoms with E-state index in [1.165, 1.54) is 5.56 Å². The number of benzene rings is 1. The number of pyridine rings is 1. The second kappa shape index (κ2) is 8.77. The predicted molar refractivity (Wildman–Crippen MR) is 105 cm³/mol. The summed E-state index contributed by atoms with van der Waals surface area (Å²) < 4.78 is 0. The van der Waals surface area contributed by atoms with Gasteiger partial charge in [0.1, 0.15) is 0 Å². The van der Waals surface area contributed by atoms with Crippen molar-refractivity contribution >= 4 is 11.8 Å². The Morgan fingerprint density at radius 3 is 2.56 bits per heavy atom. The van der Waals surface area contributed by atoms with E-state index in [9.17, 15) is 9.59 Å². The van der Waals surface area contributed by atoms with Gasteiger partial charge in [-0.05, 0) is 61.6 Å². The molecular formula is C21H26N4O2. The first kappa shape index (κ1) is 19.0. The van der Waals surface area contributed by atoms with Gasteiger partial charge in [-0.1, -0.05) is 6.07 Å². The molecule has 2 amide bonds. The molecule has 6 heteroatoms. The zero-order valence-corrected chi connectivity index (χ0v) is 15.6. The highest BCUT2D eigenvalue weighted by molar-refractivity contribution is 6.00. The molecule has 1 aliphatic heterocycles. The average Bonchev–Trinajstić information content (AvgIpc) is 2.68. The maximum Gasteiger partial charge on any atom is 0.251 e. The van der Waals surface area contributed by atoms with Crippen molar-refractivity contribution in [3.63, 3.8) is 0 Å². The Morgan fingerprint density at radius 1 is 1.19 bits per heavy atom. The lowest BCUT2D eigenvalue weighted by atomic mass is 10.0. The number of hydrogen-bond donors (Lipinski definition) is 2. The van der Waals surface area contributed by atoms with Gasteiger partial charge in [0, 0.05) is 49.2 Å². The fourth-order valence-corrected chi connectivity index (χ4v) is 3.42. The van der Waals surface area contributed by atoms with Crippen LogP contribution in [0.1, 0.15) is 44.7 Å². The van der Waals surface area contributed by atoms with E-state index in [2.05, 4.69) is 27.3 Å². The number of aryl methyl sites for hydroxylation is 1. The van der Waals surface area contributed by atoms with Gasteiger partial charge in [0.2, 0.25) is 5.91 Å². The normalized spacial score (nSPS) is 15.4. The van der Waals surface area contributed by atoms with Crippen LogP contribution in [0.4, 0.5) is 0 Å². The van der Waals surface area contributed by atoms with Crippen LogP contribution in [0.15, 0.2) is 42.7 Å². The van der Waals surface area contributed by atoms with E-state index in [1.54, 1.807) is 18.2 Å². The number of carbonyl (C=O) groups is 2. The molecule has 6 nitrogen and oxygen atoms in total. The maximum atomic E-state index is 12.6. The minimum absolute atomic E-state index is 0.133. The lowest BCUT2D eigenvalue weighted by Gasteiger charge is -2.32. The van der Waals surface area contributed by atoms with Crippen LogP contribution in [0.3, 0.4) is 0 Å². The summed E-state index contributed by atoms with van der Waals surface area (Å²) in [6.07, 6.45) is 6.52. The van der Waals surface area contributed by atoms with Crippen LogP contribution in [-0.2, 0) is 6.42 Å². The predicted octanol–water partition coefficient (Wildman–Crippen LogP) is 1.93. The SMILES string of the molecule is Cc1ccc(C(N)=O)cc1C(=O)NC1CCN(CCc2ccncc2)CC1. The largest absolute Gasteiger partial charge is 0.366 e. The van der Waals surface area contributed by atoms with Crippen molar-refractivity contribution in [2.24, 2.45) is 5.73 Å². The molecule has 27 heavy (non-hydrogen) atoms. The number of nitrogens with one attached hydrogen (secondary N) is 1. The highest BCUT2D eigenvalue weighted by Crippen LogP contribution is 2.15. The molecule has 0 bridgehead atoms. The van der Waals surface area contributed by atoms with E-state index in [0.29, 0.717) is 11.1 Å². The Labute approximate surface area is 159 Å². The van der Waals surface area contributed by atoms with Gasteiger partial charge in [-0.25, -0.2) is 0 Å². The van der Waals surface area contributed by atoms with Crippen LogP contribution in [0.25, 0.3) is 0 Å². The van der Waals surface area contributed by atoms with Crippen molar-refractivity contribution in [2.45, 2.75) is 32.2 Å². The van der Waals surface area contributed by atoms with E-state index < -0.39 is 5.91 Å². The summed E-state index contributed by atoms with van der Waals surface area (Å²) in [5.41, 5.74) is 8.34. The van der Waals surface area contributed by atoms with E-state index in [-0.39, 0.29) is 11.9 Å². The van der Waals surface area contributed by atoms with Crippen molar-refractivity contribution in [1.29, 1.82) is 0 Å². The third-order valence-electron chi connectivity index (χ3n) is 5.16. The Bertz CT molecular complexity index is 799. The molecule has 3 rings (SSSR count). The zero-order chi connectivity index (χ0) is 19.2. The van der Waals surface area contributed by atoms with Crippen molar-refractivity contribution in [1.82, 2.24) is 15.2 Å². The number of aromatic nitrogens is 1. The van der Waals surface area contributed by atoms with Gasteiger partial charge in [0.05, 0.1) is 0 Å². The number of primary amides is 1. The molecule has 0 atom stereocenters. The van der Waals surface area contributed by atoms with Crippen LogP contribution in [0.5, 0.6) is 0 Å². The Morgan fingerprint density at radius 2 is 1.89 bits per heavy atom. The van der Waals surface area contributed by atoms with Crippen molar-refractivity contribution in [3.8, 4) is 0 Å². The number of carbonyl (C=O) groups excluding carboxylic acids is 2. The zero-order valence-electron chi connectivity index (χ0n) is 15.6. The monoisotopic (exact) mass is 366 g/mol. The molecule has 142 valence electrons. The molecule has 0 radical (unpaired) electrons. The Balaban J connectivity index is 1.49. The minimum Gasteiger partial charge on any atom is -0.366 e. The van der Waals surface area contributed by atoms with E-state index >= 15 is 0 Å². The van der Waals surface area contributed by atoms with Crippen molar-refractivity contribution in [2.75, 3.05) is 19.6 Å².